The third kappa shape index (κ3) is 2.61. The lowest BCUT2D eigenvalue weighted by molar-refractivity contribution is -0.147. The molecule has 0 spiro atoms. The molecule has 2 bridgehead atoms. The molecule has 2 fully saturated rings. The molecule has 0 radical (unpaired) electrons. The Balaban J connectivity index is 1.78. The van der Waals surface area contributed by atoms with E-state index in [4.69, 9.17) is 4.74 Å². The summed E-state index contributed by atoms with van der Waals surface area (Å²) in [6.07, 6.45) is 0.894. The van der Waals surface area contributed by atoms with Gasteiger partial charge in [-0.1, -0.05) is 34.6 Å². The number of rotatable bonds is 5. The van der Waals surface area contributed by atoms with Crippen molar-refractivity contribution in [2.45, 2.75) is 47.5 Å². The largest absolute Gasteiger partial charge is 0.462 e. The second-order valence-electron chi connectivity index (χ2n) is 9.04. The topological polar surface area (TPSA) is 89.5 Å². The van der Waals surface area contributed by atoms with Gasteiger partial charge in [-0.25, -0.2) is 4.79 Å². The number of nitrogens with one attached hydrogen (secondary N) is 1. The lowest BCUT2D eigenvalue weighted by Crippen LogP contribution is -2.47. The maximum Gasteiger partial charge on any atom is 0.338 e. The first-order valence-electron chi connectivity index (χ1n) is 9.65. The molecule has 0 saturated heterocycles. The number of carbonyl (C=O) groups excluding carboxylic acids is 4. The van der Waals surface area contributed by atoms with Crippen molar-refractivity contribution in [2.24, 2.45) is 22.2 Å². The van der Waals surface area contributed by atoms with Crippen molar-refractivity contribution >= 4 is 29.1 Å². The van der Waals surface area contributed by atoms with Gasteiger partial charge in [-0.15, -0.1) is 0 Å². The molecular weight excluding hydrogens is 358 g/mol. The maximum absolute atomic E-state index is 13.1. The number of hydrogen-bond acceptors (Lipinski definition) is 5. The molecule has 0 aliphatic heterocycles. The molecule has 1 N–H and O–H groups in total. The van der Waals surface area contributed by atoms with E-state index in [0.717, 1.165) is 0 Å². The molecular formula is C22H27NO5. The molecule has 2 aliphatic rings. The van der Waals surface area contributed by atoms with Crippen LogP contribution in [0.15, 0.2) is 24.3 Å². The zero-order chi connectivity index (χ0) is 20.9. The molecule has 0 unspecified atom stereocenters. The number of esters is 1. The first kappa shape index (κ1) is 20.2. The Labute approximate surface area is 165 Å². The van der Waals surface area contributed by atoms with Gasteiger partial charge in [-0.2, -0.15) is 0 Å². The van der Waals surface area contributed by atoms with Gasteiger partial charge in [0.15, 0.2) is 0 Å². The summed E-state index contributed by atoms with van der Waals surface area (Å²) in [5.41, 5.74) is -2.04. The molecule has 1 aromatic rings. The number of amides is 1. The van der Waals surface area contributed by atoms with Crippen LogP contribution in [0.4, 0.5) is 5.69 Å². The van der Waals surface area contributed by atoms with Crippen LogP contribution in [0.3, 0.4) is 0 Å². The highest BCUT2D eigenvalue weighted by atomic mass is 16.5. The lowest BCUT2D eigenvalue weighted by atomic mass is 9.64. The number of ether oxygens (including phenoxy) is 1. The number of ketones is 2. The standard InChI is InChI=1S/C22H27NO5/c1-13(2)12-28-18(26)14-6-8-15(9-7-14)23-19(27)22-11-10-21(5,20(22,3)4)16(24)17(22)25/h6-9,13H,10-12H2,1-5H3,(H,23,27)/t21-,22+/m1/s1. The van der Waals surface area contributed by atoms with E-state index in [0.29, 0.717) is 30.7 Å². The average molecular weight is 385 g/mol. The number of fused-ring (bicyclic) bond motifs is 2. The van der Waals surface area contributed by atoms with Crippen LogP contribution in [0.25, 0.3) is 0 Å². The Bertz CT molecular complexity index is 854. The summed E-state index contributed by atoms with van der Waals surface area (Å²) in [7, 11) is 0. The summed E-state index contributed by atoms with van der Waals surface area (Å²) in [5.74, 6) is -1.66. The van der Waals surface area contributed by atoms with E-state index in [1.54, 1.807) is 31.2 Å². The Morgan fingerprint density at radius 1 is 1.04 bits per heavy atom. The van der Waals surface area contributed by atoms with Crippen LogP contribution in [-0.2, 0) is 19.1 Å². The number of Topliss-reactive ketones (excluding diaryl/α,β-unsaturated/α-hetero) is 2. The van der Waals surface area contributed by atoms with Gasteiger partial charge in [0.2, 0.25) is 17.5 Å². The monoisotopic (exact) mass is 385 g/mol. The highest BCUT2D eigenvalue weighted by molar-refractivity contribution is 6.49. The van der Waals surface area contributed by atoms with Crippen LogP contribution in [0, 0.1) is 22.2 Å². The fraction of sp³-hybridized carbons (Fsp3) is 0.545. The summed E-state index contributed by atoms with van der Waals surface area (Å²) in [4.78, 5) is 50.4. The summed E-state index contributed by atoms with van der Waals surface area (Å²) in [6.45, 7) is 9.69. The van der Waals surface area contributed by atoms with Crippen molar-refractivity contribution in [3.63, 3.8) is 0 Å². The predicted molar refractivity (Wildman–Crippen MR) is 104 cm³/mol. The van der Waals surface area contributed by atoms with Crippen molar-refractivity contribution in [2.75, 3.05) is 11.9 Å². The smallest absolute Gasteiger partial charge is 0.338 e. The Hall–Kier alpha value is -2.50. The Kier molecular flexibility index (Phi) is 4.72. The van der Waals surface area contributed by atoms with E-state index < -0.39 is 39.7 Å². The van der Waals surface area contributed by atoms with Crippen LogP contribution in [0.5, 0.6) is 0 Å². The second kappa shape index (κ2) is 6.54. The van der Waals surface area contributed by atoms with Gasteiger partial charge in [0, 0.05) is 11.1 Å². The number of hydrogen-bond donors (Lipinski definition) is 1. The first-order chi connectivity index (χ1) is 13.0. The minimum Gasteiger partial charge on any atom is -0.462 e. The van der Waals surface area contributed by atoms with E-state index in [9.17, 15) is 19.2 Å². The molecule has 0 aromatic heterocycles. The van der Waals surface area contributed by atoms with E-state index >= 15 is 0 Å². The van der Waals surface area contributed by atoms with Crippen LogP contribution in [-0.4, -0.2) is 30.0 Å². The third-order valence-electron chi connectivity index (χ3n) is 6.86. The molecule has 0 heterocycles. The number of benzene rings is 1. The summed E-state index contributed by atoms with van der Waals surface area (Å²) < 4.78 is 5.19. The van der Waals surface area contributed by atoms with E-state index in [-0.39, 0.29) is 5.92 Å². The fourth-order valence-corrected chi connectivity index (χ4v) is 4.53. The van der Waals surface area contributed by atoms with Gasteiger partial charge >= 0.3 is 5.97 Å². The van der Waals surface area contributed by atoms with E-state index in [1.165, 1.54) is 0 Å². The molecule has 2 saturated carbocycles. The summed E-state index contributed by atoms with van der Waals surface area (Å²) >= 11 is 0. The minimum atomic E-state index is -1.34. The SMILES string of the molecule is CC(C)COC(=O)c1ccc(NC(=O)[C@]23CC[C@](C)(C(=O)C2=O)C3(C)C)cc1. The molecule has 6 nitrogen and oxygen atoms in total. The quantitative estimate of drug-likeness (QED) is 0.477. The first-order valence-corrected chi connectivity index (χ1v) is 9.65. The van der Waals surface area contributed by atoms with Crippen molar-refractivity contribution < 1.29 is 23.9 Å². The molecule has 6 heteroatoms. The molecule has 28 heavy (non-hydrogen) atoms. The van der Waals surface area contributed by atoms with Crippen LogP contribution >= 0.6 is 0 Å². The average Bonchev–Trinajstić information content (AvgIpc) is 2.92. The summed E-state index contributed by atoms with van der Waals surface area (Å²) in [5, 5.41) is 2.78. The van der Waals surface area contributed by atoms with Crippen LogP contribution < -0.4 is 5.32 Å². The van der Waals surface area contributed by atoms with Gasteiger partial charge in [-0.05, 0) is 48.4 Å². The van der Waals surface area contributed by atoms with E-state index in [2.05, 4.69) is 5.32 Å². The molecule has 1 amide bonds. The van der Waals surface area contributed by atoms with Crippen molar-refractivity contribution in [1.29, 1.82) is 0 Å². The highest BCUT2D eigenvalue weighted by Crippen LogP contribution is 2.69. The van der Waals surface area contributed by atoms with Gasteiger partial charge in [0.05, 0.1) is 12.2 Å². The van der Waals surface area contributed by atoms with Crippen LogP contribution in [0.2, 0.25) is 0 Å². The molecule has 3 rings (SSSR count). The predicted octanol–water partition coefficient (Wildman–Crippen LogP) is 3.40. The Morgan fingerprint density at radius 2 is 1.64 bits per heavy atom. The molecule has 2 aliphatic carbocycles. The number of carbonyl (C=O) groups is 4. The second-order valence-corrected chi connectivity index (χ2v) is 9.04. The van der Waals surface area contributed by atoms with Gasteiger partial charge in [0.1, 0.15) is 5.41 Å². The minimum absolute atomic E-state index is 0.244. The van der Waals surface area contributed by atoms with Gasteiger partial charge < -0.3 is 10.1 Å². The normalized spacial score (nSPS) is 27.9. The third-order valence-corrected chi connectivity index (χ3v) is 6.86. The summed E-state index contributed by atoms with van der Waals surface area (Å²) in [6, 6.07) is 6.34. The van der Waals surface area contributed by atoms with Gasteiger partial charge in [-0.3, -0.25) is 14.4 Å². The zero-order valence-corrected chi connectivity index (χ0v) is 17.0. The van der Waals surface area contributed by atoms with Crippen LogP contribution in [0.1, 0.15) is 57.8 Å². The van der Waals surface area contributed by atoms with Crippen molar-refractivity contribution in [3.8, 4) is 0 Å². The van der Waals surface area contributed by atoms with Crippen molar-refractivity contribution in [1.82, 2.24) is 0 Å². The molecule has 150 valence electrons. The molecule has 2 atom stereocenters. The number of anilines is 1. The highest BCUT2D eigenvalue weighted by Gasteiger charge is 2.77. The Morgan fingerprint density at radius 3 is 2.14 bits per heavy atom. The fourth-order valence-electron chi connectivity index (χ4n) is 4.53. The van der Waals surface area contributed by atoms with E-state index in [1.807, 2.05) is 27.7 Å². The van der Waals surface area contributed by atoms with Gasteiger partial charge in [0.25, 0.3) is 0 Å². The van der Waals surface area contributed by atoms with Crippen molar-refractivity contribution in [3.05, 3.63) is 29.8 Å². The zero-order valence-electron chi connectivity index (χ0n) is 17.0. The maximum atomic E-state index is 13.1. The molecule has 1 aromatic carbocycles. The lowest BCUT2D eigenvalue weighted by Gasteiger charge is -2.37.